The van der Waals surface area contributed by atoms with E-state index in [0.717, 1.165) is 17.0 Å². The number of nitrogens with zero attached hydrogens (tertiary/aromatic N) is 5. The van der Waals surface area contributed by atoms with Gasteiger partial charge >= 0.3 is 0 Å². The summed E-state index contributed by atoms with van der Waals surface area (Å²) in [4.78, 5) is 0. The molecule has 0 radical (unpaired) electrons. The second kappa shape index (κ2) is 4.43. The third kappa shape index (κ3) is 2.05. The van der Waals surface area contributed by atoms with Crippen LogP contribution in [0, 0.1) is 6.92 Å². The molecule has 16 heavy (non-hydrogen) atoms. The fourth-order valence-corrected chi connectivity index (χ4v) is 1.85. The molecule has 5 nitrogen and oxygen atoms in total. The molecule has 0 aliphatic rings. The zero-order chi connectivity index (χ0) is 11.7. The van der Waals surface area contributed by atoms with E-state index in [-0.39, 0.29) is 0 Å². The number of alkyl halides is 1. The fraction of sp³-hybridized carbons (Fsp3) is 0.444. The van der Waals surface area contributed by atoms with Crippen molar-refractivity contribution in [2.24, 2.45) is 7.05 Å². The van der Waals surface area contributed by atoms with Crippen LogP contribution in [0.4, 0.5) is 0 Å². The predicted molar refractivity (Wildman–Crippen MR) is 61.6 cm³/mol. The first kappa shape index (κ1) is 11.4. The van der Waals surface area contributed by atoms with Crippen molar-refractivity contribution in [1.29, 1.82) is 0 Å². The molecule has 0 amide bonds. The van der Waals surface area contributed by atoms with E-state index in [1.54, 1.807) is 15.6 Å². The molecule has 0 saturated carbocycles. The van der Waals surface area contributed by atoms with Crippen LogP contribution in [0.15, 0.2) is 6.20 Å². The van der Waals surface area contributed by atoms with Crippen LogP contribution in [0.2, 0.25) is 5.15 Å². The highest BCUT2D eigenvalue weighted by Gasteiger charge is 2.12. The third-order valence-corrected chi connectivity index (χ3v) is 3.06. The molecule has 0 atom stereocenters. The second-order valence-electron chi connectivity index (χ2n) is 3.52. The molecular weight excluding hydrogens is 249 g/mol. The zero-order valence-electron chi connectivity index (χ0n) is 8.98. The van der Waals surface area contributed by atoms with Crippen LogP contribution in [-0.2, 0) is 19.5 Å². The quantitative estimate of drug-likeness (QED) is 0.790. The van der Waals surface area contributed by atoms with Gasteiger partial charge in [0.1, 0.15) is 5.15 Å². The molecule has 0 saturated heterocycles. The lowest BCUT2D eigenvalue weighted by Crippen LogP contribution is -2.01. The Labute approximate surface area is 103 Å². The molecule has 0 aliphatic carbocycles. The van der Waals surface area contributed by atoms with E-state index in [4.69, 9.17) is 23.2 Å². The molecule has 2 rings (SSSR count). The van der Waals surface area contributed by atoms with Crippen molar-refractivity contribution in [1.82, 2.24) is 24.8 Å². The number of aryl methyl sites for hydroxylation is 2. The SMILES string of the molecule is Cc1nn(C)c(Cl)c1Cn1cc(CCl)nn1. The van der Waals surface area contributed by atoms with Gasteiger partial charge in [-0.1, -0.05) is 16.8 Å². The van der Waals surface area contributed by atoms with Gasteiger partial charge in [0.15, 0.2) is 0 Å². The molecule has 0 aliphatic heterocycles. The lowest BCUT2D eigenvalue weighted by molar-refractivity contribution is 0.647. The van der Waals surface area contributed by atoms with Crippen LogP contribution >= 0.6 is 23.2 Å². The maximum Gasteiger partial charge on any atom is 0.132 e. The highest BCUT2D eigenvalue weighted by atomic mass is 35.5. The fourth-order valence-electron chi connectivity index (χ4n) is 1.49. The third-order valence-electron chi connectivity index (χ3n) is 2.31. The molecule has 0 aromatic carbocycles. The summed E-state index contributed by atoms with van der Waals surface area (Å²) in [5, 5.41) is 12.7. The minimum Gasteiger partial charge on any atom is -0.256 e. The summed E-state index contributed by atoms with van der Waals surface area (Å²) in [6.07, 6.45) is 1.80. The van der Waals surface area contributed by atoms with Crippen molar-refractivity contribution >= 4 is 23.2 Å². The first-order valence-corrected chi connectivity index (χ1v) is 5.66. The molecule has 0 spiro atoms. The average Bonchev–Trinajstić information content (AvgIpc) is 2.80. The summed E-state index contributed by atoms with van der Waals surface area (Å²) >= 11 is 11.8. The number of halogens is 2. The summed E-state index contributed by atoms with van der Waals surface area (Å²) < 4.78 is 3.35. The van der Waals surface area contributed by atoms with Crippen LogP contribution in [0.5, 0.6) is 0 Å². The van der Waals surface area contributed by atoms with Gasteiger partial charge in [-0.05, 0) is 6.92 Å². The molecule has 2 aromatic rings. The van der Waals surface area contributed by atoms with E-state index in [9.17, 15) is 0 Å². The Kier molecular flexibility index (Phi) is 3.16. The van der Waals surface area contributed by atoms with Crippen LogP contribution in [0.1, 0.15) is 17.0 Å². The Bertz CT molecular complexity index is 502. The van der Waals surface area contributed by atoms with Crippen molar-refractivity contribution in [3.05, 3.63) is 28.3 Å². The van der Waals surface area contributed by atoms with Crippen LogP contribution in [0.25, 0.3) is 0 Å². The predicted octanol–water partition coefficient (Wildman–Crippen LogP) is 1.76. The van der Waals surface area contributed by atoms with Gasteiger partial charge in [-0.2, -0.15) is 5.10 Å². The molecule has 86 valence electrons. The zero-order valence-corrected chi connectivity index (χ0v) is 10.5. The first-order valence-electron chi connectivity index (χ1n) is 4.74. The van der Waals surface area contributed by atoms with E-state index < -0.39 is 0 Å². The monoisotopic (exact) mass is 259 g/mol. The minimum atomic E-state index is 0.361. The second-order valence-corrected chi connectivity index (χ2v) is 4.14. The molecule has 0 fully saturated rings. The molecular formula is C9H11Cl2N5. The number of aromatic nitrogens is 5. The number of hydrogen-bond acceptors (Lipinski definition) is 3. The van der Waals surface area contributed by atoms with Crippen LogP contribution in [0.3, 0.4) is 0 Å². The Morgan fingerprint density at radius 2 is 2.19 bits per heavy atom. The molecule has 0 N–H and O–H groups in total. The Balaban J connectivity index is 2.26. The molecule has 2 heterocycles. The summed E-state index contributed by atoms with van der Waals surface area (Å²) in [5.41, 5.74) is 2.60. The van der Waals surface area contributed by atoms with Gasteiger partial charge in [0, 0.05) is 12.6 Å². The van der Waals surface area contributed by atoms with Gasteiger partial charge in [0.05, 0.1) is 30.0 Å². The van der Waals surface area contributed by atoms with Crippen LogP contribution < -0.4 is 0 Å². The lowest BCUT2D eigenvalue weighted by atomic mass is 10.2. The maximum absolute atomic E-state index is 6.12. The minimum absolute atomic E-state index is 0.361. The Hall–Kier alpha value is -1.07. The summed E-state index contributed by atoms with van der Waals surface area (Å²) in [7, 11) is 1.81. The maximum atomic E-state index is 6.12. The largest absolute Gasteiger partial charge is 0.256 e. The van der Waals surface area contributed by atoms with Crippen molar-refractivity contribution in [3.63, 3.8) is 0 Å². The molecule has 2 aromatic heterocycles. The highest BCUT2D eigenvalue weighted by molar-refractivity contribution is 6.30. The summed E-state index contributed by atoms with van der Waals surface area (Å²) in [6.45, 7) is 2.48. The standard InChI is InChI=1S/C9H11Cl2N5/c1-6-8(9(11)15(2)13-6)5-16-4-7(3-10)12-14-16/h4H,3,5H2,1-2H3. The molecule has 7 heteroatoms. The van der Waals surface area contributed by atoms with Gasteiger partial charge in [-0.15, -0.1) is 16.7 Å². The van der Waals surface area contributed by atoms with Gasteiger partial charge in [0.2, 0.25) is 0 Å². The topological polar surface area (TPSA) is 48.5 Å². The van der Waals surface area contributed by atoms with E-state index in [1.807, 2.05) is 14.0 Å². The van der Waals surface area contributed by atoms with Gasteiger partial charge in [0.25, 0.3) is 0 Å². The van der Waals surface area contributed by atoms with E-state index >= 15 is 0 Å². The van der Waals surface area contributed by atoms with Crippen molar-refractivity contribution in [2.45, 2.75) is 19.3 Å². The van der Waals surface area contributed by atoms with Crippen molar-refractivity contribution in [2.75, 3.05) is 0 Å². The Morgan fingerprint density at radius 1 is 1.44 bits per heavy atom. The van der Waals surface area contributed by atoms with Gasteiger partial charge in [-0.3, -0.25) is 4.68 Å². The van der Waals surface area contributed by atoms with E-state index in [1.165, 1.54) is 0 Å². The lowest BCUT2D eigenvalue weighted by Gasteiger charge is -1.99. The highest BCUT2D eigenvalue weighted by Crippen LogP contribution is 2.19. The average molecular weight is 260 g/mol. The molecule has 0 unspecified atom stereocenters. The molecule has 0 bridgehead atoms. The summed E-state index contributed by atoms with van der Waals surface area (Å²) in [5.74, 6) is 0.361. The van der Waals surface area contributed by atoms with E-state index in [2.05, 4.69) is 15.4 Å². The van der Waals surface area contributed by atoms with E-state index in [0.29, 0.717) is 17.6 Å². The summed E-state index contributed by atoms with van der Waals surface area (Å²) in [6, 6.07) is 0. The van der Waals surface area contributed by atoms with Crippen LogP contribution in [-0.4, -0.2) is 24.8 Å². The smallest absolute Gasteiger partial charge is 0.132 e. The Morgan fingerprint density at radius 3 is 2.69 bits per heavy atom. The normalized spacial score (nSPS) is 11.0. The number of hydrogen-bond donors (Lipinski definition) is 0. The number of rotatable bonds is 3. The van der Waals surface area contributed by atoms with Crippen molar-refractivity contribution in [3.8, 4) is 0 Å². The van der Waals surface area contributed by atoms with Crippen molar-refractivity contribution < 1.29 is 0 Å². The van der Waals surface area contributed by atoms with Gasteiger partial charge < -0.3 is 0 Å². The first-order chi connectivity index (χ1) is 7.61. The van der Waals surface area contributed by atoms with Gasteiger partial charge in [-0.25, -0.2) is 4.68 Å².